The molecule has 0 saturated heterocycles. The molecule has 146 valence electrons. The van der Waals surface area contributed by atoms with E-state index in [0.717, 1.165) is 5.69 Å². The van der Waals surface area contributed by atoms with Crippen molar-refractivity contribution in [2.75, 3.05) is 77.9 Å². The largest absolute Gasteiger partial charge is 0.487 e. The summed E-state index contributed by atoms with van der Waals surface area (Å²) in [6.07, 6.45) is 1.80. The topological polar surface area (TPSA) is 67.4 Å². The minimum absolute atomic E-state index is 0.431. The second-order valence-electron chi connectivity index (χ2n) is 5.48. The standard InChI is InChI=1S/C19H29NO6/c1-2-5-20-17-3-4-18-19(16-17)26-15-13-24-11-9-22-7-6-21-8-10-23-12-14-25-18/h2-4,16,20H,1,5-15H2. The number of ether oxygens (including phenoxy) is 6. The number of hydrogen-bond acceptors (Lipinski definition) is 7. The van der Waals surface area contributed by atoms with E-state index in [0.29, 0.717) is 84.1 Å². The molecule has 0 aliphatic carbocycles. The average Bonchev–Trinajstić information content (AvgIpc) is 2.66. The van der Waals surface area contributed by atoms with E-state index >= 15 is 0 Å². The maximum atomic E-state index is 5.84. The SMILES string of the molecule is C=CCNc1ccc2c(c1)OCCOCCOCCOCCOCCO2. The molecule has 0 saturated carbocycles. The van der Waals surface area contributed by atoms with Gasteiger partial charge in [0.1, 0.15) is 13.2 Å². The van der Waals surface area contributed by atoms with Crippen LogP contribution in [0.3, 0.4) is 0 Å². The molecule has 7 nitrogen and oxygen atoms in total. The summed E-state index contributed by atoms with van der Waals surface area (Å²) in [6, 6.07) is 5.74. The van der Waals surface area contributed by atoms with Gasteiger partial charge in [0, 0.05) is 18.3 Å². The molecule has 2 rings (SSSR count). The molecule has 0 unspecified atom stereocenters. The highest BCUT2D eigenvalue weighted by Crippen LogP contribution is 2.30. The summed E-state index contributed by atoms with van der Waals surface area (Å²) in [4.78, 5) is 0. The summed E-state index contributed by atoms with van der Waals surface area (Å²) in [5, 5.41) is 3.24. The number of hydrogen-bond donors (Lipinski definition) is 1. The molecule has 0 radical (unpaired) electrons. The van der Waals surface area contributed by atoms with Gasteiger partial charge in [0.15, 0.2) is 11.5 Å². The van der Waals surface area contributed by atoms with Gasteiger partial charge in [-0.2, -0.15) is 0 Å². The van der Waals surface area contributed by atoms with Crippen LogP contribution in [0.25, 0.3) is 0 Å². The zero-order valence-electron chi connectivity index (χ0n) is 15.2. The van der Waals surface area contributed by atoms with Crippen molar-refractivity contribution in [2.45, 2.75) is 0 Å². The third-order valence-corrected chi connectivity index (χ3v) is 3.48. The molecule has 7 heteroatoms. The zero-order valence-corrected chi connectivity index (χ0v) is 15.2. The molecule has 0 bridgehead atoms. The quantitative estimate of drug-likeness (QED) is 0.821. The Bertz CT molecular complexity index is 511. The lowest BCUT2D eigenvalue weighted by Crippen LogP contribution is -2.16. The van der Waals surface area contributed by atoms with Crippen molar-refractivity contribution >= 4 is 5.69 Å². The number of fused-ring (bicyclic) bond motifs is 1. The third kappa shape index (κ3) is 8.53. The number of rotatable bonds is 3. The van der Waals surface area contributed by atoms with Crippen molar-refractivity contribution in [3.63, 3.8) is 0 Å². The van der Waals surface area contributed by atoms with Crippen LogP contribution in [-0.4, -0.2) is 72.6 Å². The average molecular weight is 367 g/mol. The lowest BCUT2D eigenvalue weighted by molar-refractivity contribution is -0.00841. The minimum atomic E-state index is 0.431. The molecule has 1 aromatic carbocycles. The van der Waals surface area contributed by atoms with Crippen LogP contribution < -0.4 is 14.8 Å². The van der Waals surface area contributed by atoms with E-state index in [9.17, 15) is 0 Å². The molecule has 26 heavy (non-hydrogen) atoms. The maximum Gasteiger partial charge on any atom is 0.163 e. The first kappa shape index (κ1) is 20.5. The first-order valence-corrected chi connectivity index (χ1v) is 8.95. The van der Waals surface area contributed by atoms with Crippen molar-refractivity contribution in [1.29, 1.82) is 0 Å². The minimum Gasteiger partial charge on any atom is -0.487 e. The molecule has 1 N–H and O–H groups in total. The van der Waals surface area contributed by atoms with E-state index in [-0.39, 0.29) is 0 Å². The molecule has 1 aromatic rings. The molecule has 1 aliphatic heterocycles. The first-order valence-electron chi connectivity index (χ1n) is 8.95. The Labute approximate surface area is 155 Å². The second kappa shape index (κ2) is 13.4. The lowest BCUT2D eigenvalue weighted by Gasteiger charge is -2.15. The maximum absolute atomic E-state index is 5.84. The van der Waals surface area contributed by atoms with Crippen molar-refractivity contribution in [1.82, 2.24) is 0 Å². The molecular weight excluding hydrogens is 338 g/mol. The fourth-order valence-corrected chi connectivity index (χ4v) is 2.22. The predicted molar refractivity (Wildman–Crippen MR) is 99.4 cm³/mol. The monoisotopic (exact) mass is 367 g/mol. The van der Waals surface area contributed by atoms with Crippen LogP contribution in [0.4, 0.5) is 5.69 Å². The highest BCUT2D eigenvalue weighted by Gasteiger charge is 2.07. The number of benzene rings is 1. The van der Waals surface area contributed by atoms with E-state index in [1.165, 1.54) is 0 Å². The summed E-state index contributed by atoms with van der Waals surface area (Å²) >= 11 is 0. The van der Waals surface area contributed by atoms with Gasteiger partial charge in [-0.25, -0.2) is 0 Å². The van der Waals surface area contributed by atoms with Crippen molar-refractivity contribution in [3.05, 3.63) is 30.9 Å². The summed E-state index contributed by atoms with van der Waals surface area (Å²) in [7, 11) is 0. The van der Waals surface area contributed by atoms with Gasteiger partial charge in [0.2, 0.25) is 0 Å². The van der Waals surface area contributed by atoms with Gasteiger partial charge in [0.25, 0.3) is 0 Å². The van der Waals surface area contributed by atoms with E-state index < -0.39 is 0 Å². The Hall–Kier alpha value is -1.80. The van der Waals surface area contributed by atoms with Crippen LogP contribution in [0.2, 0.25) is 0 Å². The van der Waals surface area contributed by atoms with Crippen LogP contribution in [0.1, 0.15) is 0 Å². The van der Waals surface area contributed by atoms with Crippen LogP contribution in [-0.2, 0) is 18.9 Å². The van der Waals surface area contributed by atoms with Gasteiger partial charge in [-0.3, -0.25) is 0 Å². The summed E-state index contributed by atoms with van der Waals surface area (Å²) < 4.78 is 33.5. The summed E-state index contributed by atoms with van der Waals surface area (Å²) in [5.74, 6) is 1.35. The van der Waals surface area contributed by atoms with Crippen molar-refractivity contribution in [3.8, 4) is 11.5 Å². The fraction of sp³-hybridized carbons (Fsp3) is 0.579. The van der Waals surface area contributed by atoms with E-state index in [2.05, 4.69) is 11.9 Å². The smallest absolute Gasteiger partial charge is 0.163 e. The highest BCUT2D eigenvalue weighted by atomic mass is 16.6. The first-order chi connectivity index (χ1) is 12.9. The zero-order chi connectivity index (χ0) is 18.3. The predicted octanol–water partition coefficient (Wildman–Crippen LogP) is 2.12. The molecule has 0 amide bonds. The van der Waals surface area contributed by atoms with Crippen LogP contribution in [0.5, 0.6) is 11.5 Å². The molecule has 0 aromatic heterocycles. The number of nitrogens with one attached hydrogen (secondary N) is 1. The molecule has 0 spiro atoms. The van der Waals surface area contributed by atoms with Gasteiger partial charge in [-0.15, -0.1) is 6.58 Å². The Kier molecular flexibility index (Phi) is 10.6. The highest BCUT2D eigenvalue weighted by molar-refractivity contribution is 5.55. The molecule has 1 heterocycles. The third-order valence-electron chi connectivity index (χ3n) is 3.48. The molecule has 0 fully saturated rings. The Morgan fingerprint density at radius 2 is 1.23 bits per heavy atom. The normalized spacial score (nSPS) is 18.3. The summed E-state index contributed by atoms with van der Waals surface area (Å²) in [5.41, 5.74) is 0.942. The van der Waals surface area contributed by atoms with Gasteiger partial charge in [0.05, 0.1) is 52.9 Å². The van der Waals surface area contributed by atoms with Gasteiger partial charge < -0.3 is 33.7 Å². The second-order valence-corrected chi connectivity index (χ2v) is 5.48. The van der Waals surface area contributed by atoms with E-state index in [4.69, 9.17) is 28.4 Å². The van der Waals surface area contributed by atoms with Crippen LogP contribution >= 0.6 is 0 Å². The van der Waals surface area contributed by atoms with Crippen LogP contribution in [0.15, 0.2) is 30.9 Å². The van der Waals surface area contributed by atoms with Crippen LogP contribution in [0, 0.1) is 0 Å². The van der Waals surface area contributed by atoms with Gasteiger partial charge >= 0.3 is 0 Å². The number of anilines is 1. The Morgan fingerprint density at radius 3 is 1.77 bits per heavy atom. The van der Waals surface area contributed by atoms with E-state index in [1.807, 2.05) is 18.2 Å². The fourth-order valence-electron chi connectivity index (χ4n) is 2.22. The van der Waals surface area contributed by atoms with Crippen molar-refractivity contribution in [2.24, 2.45) is 0 Å². The van der Waals surface area contributed by atoms with Gasteiger partial charge in [-0.05, 0) is 12.1 Å². The molecular formula is C19H29NO6. The molecule has 0 atom stereocenters. The van der Waals surface area contributed by atoms with Crippen molar-refractivity contribution < 1.29 is 28.4 Å². The summed E-state index contributed by atoms with van der Waals surface area (Å²) in [6.45, 7) is 9.46. The van der Waals surface area contributed by atoms with E-state index in [1.54, 1.807) is 6.08 Å². The molecule has 1 aliphatic rings. The Balaban J connectivity index is 1.91. The van der Waals surface area contributed by atoms with Gasteiger partial charge in [-0.1, -0.05) is 6.08 Å². The lowest BCUT2D eigenvalue weighted by atomic mass is 10.2. The Morgan fingerprint density at radius 1 is 0.731 bits per heavy atom.